The second kappa shape index (κ2) is 43.3. The number of β-amino-alcohol motifs (C(OH)–C–C–N with tert-alkyl or cyclic N) is 1. The molecule has 3 fully saturated rings. The number of carboxylic acids is 2. The van der Waals surface area contributed by atoms with Crippen molar-refractivity contribution in [3.63, 3.8) is 0 Å². The number of nitrogens with two attached hydrogens (primary N) is 1. The first kappa shape index (κ1) is 79.7. The Morgan fingerprint density at radius 1 is 0.695 bits per heavy atom. The van der Waals surface area contributed by atoms with Crippen LogP contribution in [0.5, 0.6) is 0 Å². The lowest BCUT2D eigenvalue weighted by Gasteiger charge is -2.32. The number of carbonyl (C=O) groups is 3. The lowest BCUT2D eigenvalue weighted by atomic mass is 10.1. The lowest BCUT2D eigenvalue weighted by molar-refractivity contribution is -0.147. The molecule has 9 N–H and O–H groups in total. The number of sulfonamides is 3. The van der Waals surface area contributed by atoms with E-state index in [2.05, 4.69) is 23.5 Å². The van der Waals surface area contributed by atoms with Crippen molar-refractivity contribution in [2.45, 2.75) is 129 Å². The van der Waals surface area contributed by atoms with Crippen LogP contribution in [-0.2, 0) is 62.0 Å². The number of carboxylic acid groups (broad SMARTS) is 2. The molecule has 8 rings (SSSR count). The number of carbonyl (C=O) groups excluding carboxylic acids is 1. The van der Waals surface area contributed by atoms with E-state index in [0.717, 1.165) is 63.4 Å². The molecule has 474 valence electrons. The number of ether oxygens (including phenoxy) is 2. The summed E-state index contributed by atoms with van der Waals surface area (Å²) in [6.45, 7) is 14.5. The van der Waals surface area contributed by atoms with Crippen LogP contribution in [0.4, 0.5) is 4.79 Å². The highest BCUT2D eigenvalue weighted by atomic mass is 35.5. The highest BCUT2D eigenvalue weighted by Crippen LogP contribution is 2.31. The van der Waals surface area contributed by atoms with E-state index in [1.807, 2.05) is 75.4 Å². The number of benzene rings is 2. The fourth-order valence-electron chi connectivity index (χ4n) is 7.16. The van der Waals surface area contributed by atoms with Gasteiger partial charge in [-0.2, -0.15) is 12.9 Å². The Hall–Kier alpha value is -4.39. The molecule has 2 aromatic rings. The molecular formula is C55H97ClN6O17S3. The number of hydrogen-bond acceptors (Lipinski definition) is 17. The number of aliphatic hydroxyl groups is 4. The normalized spacial score (nSPS) is 20.9. The second-order valence-electron chi connectivity index (χ2n) is 19.4. The van der Waals surface area contributed by atoms with E-state index in [4.69, 9.17) is 42.1 Å². The van der Waals surface area contributed by atoms with Crippen molar-refractivity contribution < 1.29 is 81.1 Å². The monoisotopic (exact) mass is 1250 g/mol. The number of piperidine rings is 2. The number of nitrogens with one attached hydrogen (secondary N) is 1. The molecule has 1 amide bonds. The quantitative estimate of drug-likeness (QED) is 0.131. The molecule has 6 aliphatic rings. The van der Waals surface area contributed by atoms with Gasteiger partial charge in [0, 0.05) is 86.3 Å². The minimum Gasteiger partial charge on any atom is -0.479 e. The molecule has 0 radical (unpaired) electrons. The first-order chi connectivity index (χ1) is 37.9. The van der Waals surface area contributed by atoms with E-state index in [9.17, 15) is 44.7 Å². The van der Waals surface area contributed by atoms with Crippen LogP contribution in [0, 0.1) is 0 Å². The van der Waals surface area contributed by atoms with E-state index in [1.54, 1.807) is 36.1 Å². The molecule has 6 atom stereocenters. The molecule has 0 aromatic heterocycles. The zero-order chi connectivity index (χ0) is 61.8. The smallest absolute Gasteiger partial charge is 0.410 e. The predicted octanol–water partition coefficient (Wildman–Crippen LogP) is 3.73. The van der Waals surface area contributed by atoms with Crippen molar-refractivity contribution in [1.82, 2.24) is 23.1 Å². The Kier molecular flexibility index (Phi) is 42.0. The van der Waals surface area contributed by atoms with Crippen LogP contribution in [0.1, 0.15) is 86.6 Å². The van der Waals surface area contributed by atoms with Crippen LogP contribution in [0.2, 0.25) is 0 Å². The van der Waals surface area contributed by atoms with Gasteiger partial charge >= 0.3 is 18.0 Å². The van der Waals surface area contributed by atoms with Gasteiger partial charge < -0.3 is 56.1 Å². The molecule has 0 bridgehead atoms. The van der Waals surface area contributed by atoms with Gasteiger partial charge in [0.1, 0.15) is 5.60 Å². The third kappa shape index (κ3) is 38.5. The summed E-state index contributed by atoms with van der Waals surface area (Å²) in [5.41, 5.74) is 6.77. The van der Waals surface area contributed by atoms with E-state index in [0.29, 0.717) is 58.7 Å². The lowest BCUT2D eigenvalue weighted by Crippen LogP contribution is -2.51. The molecule has 6 aliphatic heterocycles. The first-order valence-corrected chi connectivity index (χ1v) is 31.7. The van der Waals surface area contributed by atoms with Crippen molar-refractivity contribution >= 4 is 60.5 Å². The van der Waals surface area contributed by atoms with Gasteiger partial charge in [-0.1, -0.05) is 118 Å². The topological polar surface area (TPSA) is 348 Å². The van der Waals surface area contributed by atoms with Gasteiger partial charge in [0.15, 0.2) is 12.2 Å². The second-order valence-corrected chi connectivity index (χ2v) is 25.3. The maximum atomic E-state index is 11.5. The molecular weight excluding hydrogens is 1150 g/mol. The van der Waals surface area contributed by atoms with Crippen molar-refractivity contribution in [2.24, 2.45) is 5.73 Å². The van der Waals surface area contributed by atoms with Crippen LogP contribution < -0.4 is 11.1 Å². The number of epoxide rings is 1. The Balaban J connectivity index is -0.000000889. The van der Waals surface area contributed by atoms with E-state index >= 15 is 0 Å². The number of fused-ring (bicyclic) bond motifs is 1. The number of rotatable bonds is 9. The Morgan fingerprint density at radius 2 is 1.13 bits per heavy atom. The number of hydrogen-bond donors (Lipinski definition) is 8. The minimum atomic E-state index is -3.16. The highest BCUT2D eigenvalue weighted by Gasteiger charge is 2.45. The Bertz CT molecular complexity index is 2450. The molecule has 6 heterocycles. The Labute approximate surface area is 496 Å². The summed E-state index contributed by atoms with van der Waals surface area (Å²) in [6, 6.07) is 17.8. The van der Waals surface area contributed by atoms with Gasteiger partial charge in [-0.15, -0.1) is 12.4 Å². The molecule has 0 spiro atoms. The van der Waals surface area contributed by atoms with Crippen LogP contribution in [0.3, 0.4) is 0 Å². The number of aliphatic hydroxyl groups excluding tert-OH is 4. The molecule has 1 unspecified atom stereocenters. The standard InChI is InChI=1S/C10H17NO2.2C9H10O3.C6H14N2O3S.C6H11NO3S.C6H11NO2S.C5H9N.C2H6.CH4O.CH4.ClH/c1-10(2,3)13-9(12)11-7-5-4-6-8-11;2*10-8(9(11)12)6-7-4-2-1-3-5-7;1-12(10,11)8-3-2-5(7)6(9)4-8;1-11(8,9)7-3-2-5-6(4-7)10-5;1-10(8,9)7-5-3-2-4-6-7;1-2-4-6-5-3-1;2*1-2;;/h4-5H,6-8H2,1-3H3;2*1-5,8,10H,6H2,(H,11,12);5-6,9H,2-4,7H2,1H3;5-6H,2-4H2,1H3;2-3H,4-6H2,1H3;1-2,6H,3-5H2;1-2H3;2H,1H3;1H4;1H/t;2*8-;5-,6-;5-,6?;;;;;;/m.0010....../s1/i;;;;;;;1D;;;. The molecule has 0 saturated carbocycles. The highest BCUT2D eigenvalue weighted by molar-refractivity contribution is 7.88. The summed E-state index contributed by atoms with van der Waals surface area (Å²) in [5.74, 6) is -2.36. The van der Waals surface area contributed by atoms with Gasteiger partial charge in [-0.25, -0.2) is 39.6 Å². The third-order valence-electron chi connectivity index (χ3n) is 11.5. The maximum Gasteiger partial charge on any atom is 0.410 e. The summed E-state index contributed by atoms with van der Waals surface area (Å²) >= 11 is 0. The first-order valence-electron chi connectivity index (χ1n) is 26.8. The predicted molar refractivity (Wildman–Crippen MR) is 324 cm³/mol. The molecule has 0 aliphatic carbocycles. The molecule has 82 heavy (non-hydrogen) atoms. The zero-order valence-corrected chi connectivity index (χ0v) is 51.4. The molecule has 2 aromatic carbocycles. The van der Waals surface area contributed by atoms with E-state index in [1.165, 1.54) is 31.8 Å². The van der Waals surface area contributed by atoms with Gasteiger partial charge in [0.05, 0.1) is 37.1 Å². The SMILES string of the molecule is C.C1=CCNCC1.CC(C)(C)OC(=O)N1CC=CCC1.CO.CS(=O)(=O)N1CC=CCC1.CS(=O)(=O)N1CC[C@@H](N)[C@H](O)C1.CS(=O)(=O)N1CC[C@@H]2OC2C1.Cl.O=C(O)[C@@H](O)Cc1ccccc1.O=C(O)[C@@H](O)Cc1ccccc1.[2H]CC. The van der Waals surface area contributed by atoms with Crippen molar-refractivity contribution in [2.75, 3.05) is 91.3 Å². The van der Waals surface area contributed by atoms with Crippen LogP contribution in [-0.4, -0.2) is 225 Å². The molecule has 3 saturated heterocycles. The van der Waals surface area contributed by atoms with Crippen molar-refractivity contribution in [3.8, 4) is 0 Å². The summed E-state index contributed by atoms with van der Waals surface area (Å²) in [4.78, 5) is 33.7. The summed E-state index contributed by atoms with van der Waals surface area (Å²) in [6.07, 6.45) is 17.6. The van der Waals surface area contributed by atoms with Gasteiger partial charge in [-0.3, -0.25) is 0 Å². The third-order valence-corrected chi connectivity index (χ3v) is 15.3. The van der Waals surface area contributed by atoms with Gasteiger partial charge in [0.25, 0.3) is 0 Å². The van der Waals surface area contributed by atoms with Crippen molar-refractivity contribution in [3.05, 3.63) is 108 Å². The van der Waals surface area contributed by atoms with Gasteiger partial charge in [0.2, 0.25) is 30.1 Å². The van der Waals surface area contributed by atoms with Crippen LogP contribution in [0.25, 0.3) is 0 Å². The van der Waals surface area contributed by atoms with Gasteiger partial charge in [-0.05, 0) is 70.5 Å². The Morgan fingerprint density at radius 3 is 1.45 bits per heavy atom. The number of amides is 1. The number of halogens is 1. The largest absolute Gasteiger partial charge is 0.479 e. The maximum absolute atomic E-state index is 11.5. The fourth-order valence-corrected chi connectivity index (χ4v) is 9.67. The van der Waals surface area contributed by atoms with Crippen LogP contribution in [0.15, 0.2) is 97.1 Å². The summed E-state index contributed by atoms with van der Waals surface area (Å²) in [5, 5.41) is 54.2. The van der Waals surface area contributed by atoms with E-state index < -0.39 is 65.9 Å². The molecule has 23 nitrogen and oxygen atoms in total. The minimum absolute atomic E-state index is 0. The average Bonchev–Trinajstić information content (AvgIpc) is 4.32. The number of nitrogens with zero attached hydrogens (tertiary/aromatic N) is 4. The fraction of sp³-hybridized carbons (Fsp3) is 0.618. The van der Waals surface area contributed by atoms with E-state index in [-0.39, 0.29) is 57.5 Å². The summed E-state index contributed by atoms with van der Waals surface area (Å²) < 4.78 is 86.7. The number of aliphatic carboxylic acids is 2. The van der Waals surface area contributed by atoms with Crippen molar-refractivity contribution in [1.29, 1.82) is 0 Å². The zero-order valence-electron chi connectivity index (χ0n) is 49.1. The average molecular weight is 1250 g/mol. The van der Waals surface area contributed by atoms with Crippen LogP contribution >= 0.6 is 12.4 Å². The molecule has 27 heteroatoms. The summed E-state index contributed by atoms with van der Waals surface area (Å²) in [7, 11) is -8.09.